The van der Waals surface area contributed by atoms with Gasteiger partial charge in [0.1, 0.15) is 5.60 Å². The lowest BCUT2D eigenvalue weighted by Crippen LogP contribution is -2.28. The highest BCUT2D eigenvalue weighted by Crippen LogP contribution is 2.25. The Bertz CT molecular complexity index is 575. The van der Waals surface area contributed by atoms with Gasteiger partial charge in [0.25, 0.3) is 0 Å². The van der Waals surface area contributed by atoms with Gasteiger partial charge in [0.05, 0.1) is 18.9 Å². The lowest BCUT2D eigenvalue weighted by atomic mass is 10.1. The van der Waals surface area contributed by atoms with Gasteiger partial charge in [0, 0.05) is 5.38 Å². The van der Waals surface area contributed by atoms with Crippen LogP contribution in [0.15, 0.2) is 5.38 Å². The quantitative estimate of drug-likeness (QED) is 0.473. The molecule has 0 aliphatic carbocycles. The van der Waals surface area contributed by atoms with Crippen molar-refractivity contribution in [1.29, 1.82) is 0 Å². The Kier molecular flexibility index (Phi) is 7.15. The summed E-state index contributed by atoms with van der Waals surface area (Å²) in [5, 5.41) is 4.16. The largest absolute Gasteiger partial charge is 0.465 e. The van der Waals surface area contributed by atoms with Crippen LogP contribution in [0.1, 0.15) is 46.2 Å². The number of hydrogen-bond acceptors (Lipinski definition) is 8. The zero-order chi connectivity index (χ0) is 18.3. The van der Waals surface area contributed by atoms with E-state index >= 15 is 0 Å². The predicted molar refractivity (Wildman–Crippen MR) is 88.0 cm³/mol. The minimum absolute atomic E-state index is 0.127. The van der Waals surface area contributed by atoms with Crippen LogP contribution in [0.3, 0.4) is 0 Å². The molecule has 0 unspecified atom stereocenters. The van der Waals surface area contributed by atoms with E-state index in [1.807, 2.05) is 0 Å². The fourth-order valence-electron chi connectivity index (χ4n) is 1.66. The normalized spacial score (nSPS) is 11.1. The van der Waals surface area contributed by atoms with Gasteiger partial charge in [0.15, 0.2) is 11.0 Å². The van der Waals surface area contributed by atoms with Crippen LogP contribution in [-0.2, 0) is 23.8 Å². The van der Waals surface area contributed by atoms with E-state index in [9.17, 15) is 14.4 Å². The first kappa shape index (κ1) is 19.9. The minimum atomic E-state index is -1.28. The van der Waals surface area contributed by atoms with Crippen molar-refractivity contribution < 1.29 is 28.6 Å². The summed E-state index contributed by atoms with van der Waals surface area (Å²) in [5.41, 5.74) is -0.495. The van der Waals surface area contributed by atoms with Crippen molar-refractivity contribution in [2.45, 2.75) is 46.1 Å². The Balaban J connectivity index is 2.90. The molecule has 0 aliphatic heterocycles. The van der Waals surface area contributed by atoms with Crippen molar-refractivity contribution >= 4 is 34.5 Å². The molecule has 1 N–H and O–H groups in total. The summed E-state index contributed by atoms with van der Waals surface area (Å²) in [5.74, 6) is -2.77. The van der Waals surface area contributed by atoms with E-state index < -0.39 is 29.6 Å². The number of rotatable bonds is 6. The Labute approximate surface area is 144 Å². The second kappa shape index (κ2) is 8.62. The molecule has 0 fully saturated rings. The van der Waals surface area contributed by atoms with E-state index in [-0.39, 0.29) is 24.0 Å². The van der Waals surface area contributed by atoms with Gasteiger partial charge < -0.3 is 14.2 Å². The maximum absolute atomic E-state index is 12.0. The topological polar surface area (TPSA) is 104 Å². The lowest BCUT2D eigenvalue weighted by molar-refractivity contribution is -0.157. The molecule has 0 aromatic carbocycles. The van der Waals surface area contributed by atoms with Crippen molar-refractivity contribution in [2.24, 2.45) is 0 Å². The van der Waals surface area contributed by atoms with E-state index in [4.69, 9.17) is 14.2 Å². The minimum Gasteiger partial charge on any atom is -0.465 e. The highest BCUT2D eigenvalue weighted by atomic mass is 32.1. The molecule has 24 heavy (non-hydrogen) atoms. The highest BCUT2D eigenvalue weighted by molar-refractivity contribution is 7.14. The van der Waals surface area contributed by atoms with Crippen molar-refractivity contribution in [3.8, 4) is 0 Å². The van der Waals surface area contributed by atoms with E-state index in [1.165, 1.54) is 5.38 Å². The number of carbonyl (C=O) groups is 3. The molecule has 0 saturated heterocycles. The third kappa shape index (κ3) is 6.15. The van der Waals surface area contributed by atoms with Crippen molar-refractivity contribution in [3.05, 3.63) is 11.1 Å². The maximum atomic E-state index is 12.0. The highest BCUT2D eigenvalue weighted by Gasteiger charge is 2.34. The number of aromatic nitrogens is 1. The van der Waals surface area contributed by atoms with Gasteiger partial charge in [-0.2, -0.15) is 0 Å². The fourth-order valence-corrected chi connectivity index (χ4v) is 2.38. The first-order valence-corrected chi connectivity index (χ1v) is 8.34. The first-order valence-electron chi connectivity index (χ1n) is 7.46. The summed E-state index contributed by atoms with van der Waals surface area (Å²) < 4.78 is 14.9. The predicted octanol–water partition coefficient (Wildman–Crippen LogP) is 2.70. The number of esters is 2. The molecule has 0 bridgehead atoms. The summed E-state index contributed by atoms with van der Waals surface area (Å²) in [6.45, 7) is 8.73. The molecule has 0 spiro atoms. The lowest BCUT2D eigenvalue weighted by Gasteiger charge is -2.18. The molecule has 0 atom stereocenters. The second-order valence-electron chi connectivity index (χ2n) is 5.64. The molecule has 0 saturated carbocycles. The third-order valence-corrected chi connectivity index (χ3v) is 3.25. The van der Waals surface area contributed by atoms with Gasteiger partial charge in [-0.3, -0.25) is 14.9 Å². The molecule has 1 amide bonds. The standard InChI is InChI=1S/C15H22N2O6S/c1-6-21-11(18)10(12(19)22-7-2)9-8-24-13(16-9)17-14(20)23-15(3,4)5/h8,10H,6-7H2,1-5H3,(H,16,17,20). The molecule has 8 nitrogen and oxygen atoms in total. The molecule has 0 aliphatic rings. The van der Waals surface area contributed by atoms with Crippen LogP contribution >= 0.6 is 11.3 Å². The number of anilines is 1. The van der Waals surface area contributed by atoms with E-state index in [2.05, 4.69) is 10.3 Å². The molecule has 1 aromatic rings. The van der Waals surface area contributed by atoms with E-state index in [0.29, 0.717) is 0 Å². The fraction of sp³-hybridized carbons (Fsp3) is 0.600. The summed E-state index contributed by atoms with van der Waals surface area (Å²) in [7, 11) is 0. The van der Waals surface area contributed by atoms with Crippen LogP contribution < -0.4 is 5.32 Å². The Morgan fingerprint density at radius 3 is 2.17 bits per heavy atom. The van der Waals surface area contributed by atoms with Gasteiger partial charge in [-0.05, 0) is 34.6 Å². The molecule has 9 heteroatoms. The number of nitrogens with zero attached hydrogens (tertiary/aromatic N) is 1. The Hall–Kier alpha value is -2.16. The second-order valence-corrected chi connectivity index (χ2v) is 6.50. The number of carbonyl (C=O) groups excluding carboxylic acids is 3. The maximum Gasteiger partial charge on any atom is 0.413 e. The Morgan fingerprint density at radius 2 is 1.71 bits per heavy atom. The molecular weight excluding hydrogens is 336 g/mol. The molecule has 134 valence electrons. The molecule has 1 aromatic heterocycles. The summed E-state index contributed by atoms with van der Waals surface area (Å²) in [6, 6.07) is 0. The van der Waals surface area contributed by atoms with Crippen molar-refractivity contribution in [2.75, 3.05) is 18.5 Å². The zero-order valence-corrected chi connectivity index (χ0v) is 15.2. The van der Waals surface area contributed by atoms with Gasteiger partial charge in [-0.25, -0.2) is 9.78 Å². The van der Waals surface area contributed by atoms with Crippen LogP contribution in [0.5, 0.6) is 0 Å². The monoisotopic (exact) mass is 358 g/mol. The number of ether oxygens (including phenoxy) is 3. The number of thiazole rings is 1. The third-order valence-electron chi connectivity index (χ3n) is 2.47. The average Bonchev–Trinajstić information content (AvgIpc) is 2.85. The smallest absolute Gasteiger partial charge is 0.413 e. The van der Waals surface area contributed by atoms with Crippen LogP contribution in [-0.4, -0.2) is 41.8 Å². The van der Waals surface area contributed by atoms with Crippen LogP contribution in [0.25, 0.3) is 0 Å². The van der Waals surface area contributed by atoms with Crippen LogP contribution in [0, 0.1) is 0 Å². The van der Waals surface area contributed by atoms with Gasteiger partial charge in [-0.1, -0.05) is 0 Å². The Morgan fingerprint density at radius 1 is 1.17 bits per heavy atom. The summed E-state index contributed by atoms with van der Waals surface area (Å²) >= 11 is 1.06. The average molecular weight is 358 g/mol. The van der Waals surface area contributed by atoms with Gasteiger partial charge >= 0.3 is 18.0 Å². The van der Waals surface area contributed by atoms with E-state index in [0.717, 1.165) is 11.3 Å². The SMILES string of the molecule is CCOC(=O)C(C(=O)OCC)c1csc(NC(=O)OC(C)(C)C)n1. The molecule has 1 rings (SSSR count). The zero-order valence-electron chi connectivity index (χ0n) is 14.4. The van der Waals surface area contributed by atoms with Crippen LogP contribution in [0.2, 0.25) is 0 Å². The van der Waals surface area contributed by atoms with Crippen molar-refractivity contribution in [3.63, 3.8) is 0 Å². The van der Waals surface area contributed by atoms with Gasteiger partial charge in [-0.15, -0.1) is 11.3 Å². The van der Waals surface area contributed by atoms with E-state index in [1.54, 1.807) is 34.6 Å². The number of hydrogen-bond donors (Lipinski definition) is 1. The number of nitrogens with one attached hydrogen (secondary N) is 1. The number of amides is 1. The first-order chi connectivity index (χ1) is 11.2. The summed E-state index contributed by atoms with van der Waals surface area (Å²) in [6.07, 6.45) is -0.674. The molecular formula is C15H22N2O6S. The summed E-state index contributed by atoms with van der Waals surface area (Å²) in [4.78, 5) is 39.8. The van der Waals surface area contributed by atoms with Crippen LogP contribution in [0.4, 0.5) is 9.93 Å². The molecule has 0 radical (unpaired) electrons. The van der Waals surface area contributed by atoms with Crippen molar-refractivity contribution in [1.82, 2.24) is 4.98 Å². The molecule has 1 heterocycles. The van der Waals surface area contributed by atoms with Gasteiger partial charge in [0.2, 0.25) is 0 Å².